The summed E-state index contributed by atoms with van der Waals surface area (Å²) in [5.41, 5.74) is 3.03. The standard InChI is InChI=1S/C14H12Cl2N4O/c1-8-3-4-10(9(16)5-8)20-11(6-15)19-12-13(20)17-7-18-14(12)21-2/h3-5,7H,6H2,1-2H3. The van der Waals surface area contributed by atoms with Gasteiger partial charge in [-0.15, -0.1) is 11.6 Å². The predicted octanol–water partition coefficient (Wildman–Crippen LogP) is 3.52. The van der Waals surface area contributed by atoms with E-state index in [1.54, 1.807) is 7.11 Å². The molecule has 0 saturated heterocycles. The van der Waals surface area contributed by atoms with Crippen LogP contribution < -0.4 is 4.74 Å². The van der Waals surface area contributed by atoms with Crippen LogP contribution in [0.15, 0.2) is 24.5 Å². The van der Waals surface area contributed by atoms with Gasteiger partial charge in [0.25, 0.3) is 0 Å². The first-order valence-electron chi connectivity index (χ1n) is 6.24. The molecule has 0 amide bonds. The second-order valence-corrected chi connectivity index (χ2v) is 5.18. The van der Waals surface area contributed by atoms with E-state index in [0.717, 1.165) is 11.3 Å². The number of fused-ring (bicyclic) bond motifs is 1. The molecule has 0 aliphatic heterocycles. The molecule has 0 unspecified atom stereocenters. The third kappa shape index (κ3) is 2.32. The Balaban J connectivity index is 2.35. The summed E-state index contributed by atoms with van der Waals surface area (Å²) in [7, 11) is 1.54. The molecule has 5 nitrogen and oxygen atoms in total. The molecular weight excluding hydrogens is 311 g/mol. The van der Waals surface area contributed by atoms with Crippen molar-refractivity contribution in [2.75, 3.05) is 7.11 Å². The van der Waals surface area contributed by atoms with Crippen LogP contribution >= 0.6 is 23.2 Å². The summed E-state index contributed by atoms with van der Waals surface area (Å²) >= 11 is 12.4. The highest BCUT2D eigenvalue weighted by atomic mass is 35.5. The van der Waals surface area contributed by atoms with Gasteiger partial charge in [0.15, 0.2) is 11.2 Å². The highest BCUT2D eigenvalue weighted by molar-refractivity contribution is 6.32. The molecule has 0 radical (unpaired) electrons. The molecule has 21 heavy (non-hydrogen) atoms. The molecule has 108 valence electrons. The van der Waals surface area contributed by atoms with Crippen LogP contribution in [0.5, 0.6) is 5.88 Å². The molecular formula is C14H12Cl2N4O. The number of methoxy groups -OCH3 is 1. The van der Waals surface area contributed by atoms with Crippen LogP contribution in [0.1, 0.15) is 11.4 Å². The second-order valence-electron chi connectivity index (χ2n) is 4.51. The molecule has 0 bridgehead atoms. The van der Waals surface area contributed by atoms with Gasteiger partial charge in [0.05, 0.1) is 23.7 Å². The van der Waals surface area contributed by atoms with Gasteiger partial charge in [0.1, 0.15) is 12.2 Å². The van der Waals surface area contributed by atoms with Crippen molar-refractivity contribution in [2.24, 2.45) is 0 Å². The molecule has 3 rings (SSSR count). The van der Waals surface area contributed by atoms with Crippen molar-refractivity contribution < 1.29 is 4.74 Å². The number of aromatic nitrogens is 4. The van der Waals surface area contributed by atoms with E-state index in [1.807, 2.05) is 29.7 Å². The smallest absolute Gasteiger partial charge is 0.245 e. The molecule has 0 spiro atoms. The third-order valence-electron chi connectivity index (χ3n) is 3.14. The topological polar surface area (TPSA) is 52.8 Å². The number of alkyl halides is 1. The fraction of sp³-hybridized carbons (Fsp3) is 0.214. The van der Waals surface area contributed by atoms with E-state index in [4.69, 9.17) is 27.9 Å². The van der Waals surface area contributed by atoms with E-state index in [9.17, 15) is 0 Å². The summed E-state index contributed by atoms with van der Waals surface area (Å²) in [6.45, 7) is 1.98. The van der Waals surface area contributed by atoms with Crippen LogP contribution in [-0.4, -0.2) is 26.6 Å². The largest absolute Gasteiger partial charge is 0.479 e. The maximum atomic E-state index is 6.36. The first kappa shape index (κ1) is 14.1. The van der Waals surface area contributed by atoms with E-state index < -0.39 is 0 Å². The molecule has 0 saturated carbocycles. The lowest BCUT2D eigenvalue weighted by Crippen LogP contribution is -2.01. The summed E-state index contributed by atoms with van der Waals surface area (Å²) in [6.07, 6.45) is 1.43. The van der Waals surface area contributed by atoms with Crippen LogP contribution in [0, 0.1) is 6.92 Å². The minimum absolute atomic E-state index is 0.226. The molecule has 0 aliphatic carbocycles. The molecule has 0 aliphatic rings. The number of hydrogen-bond donors (Lipinski definition) is 0. The minimum Gasteiger partial charge on any atom is -0.479 e. The van der Waals surface area contributed by atoms with Gasteiger partial charge >= 0.3 is 0 Å². The number of benzene rings is 1. The maximum Gasteiger partial charge on any atom is 0.245 e. The Kier molecular flexibility index (Phi) is 3.69. The molecule has 0 N–H and O–H groups in total. The zero-order chi connectivity index (χ0) is 15.0. The Morgan fingerprint density at radius 1 is 1.29 bits per heavy atom. The molecule has 3 aromatic rings. The van der Waals surface area contributed by atoms with Crippen LogP contribution in [0.25, 0.3) is 16.9 Å². The number of aryl methyl sites for hydroxylation is 1. The van der Waals surface area contributed by atoms with Gasteiger partial charge in [-0.1, -0.05) is 17.7 Å². The summed E-state index contributed by atoms with van der Waals surface area (Å²) < 4.78 is 7.05. The van der Waals surface area contributed by atoms with Crippen LogP contribution in [0.4, 0.5) is 0 Å². The maximum absolute atomic E-state index is 6.36. The number of rotatable bonds is 3. The average Bonchev–Trinajstić information content (AvgIpc) is 2.85. The van der Waals surface area contributed by atoms with Crippen molar-refractivity contribution in [3.63, 3.8) is 0 Å². The Morgan fingerprint density at radius 2 is 2.10 bits per heavy atom. The van der Waals surface area contributed by atoms with Crippen molar-refractivity contribution in [1.29, 1.82) is 0 Å². The molecule has 2 heterocycles. The molecule has 0 atom stereocenters. The Labute approximate surface area is 131 Å². The van der Waals surface area contributed by atoms with Crippen molar-refractivity contribution in [3.05, 3.63) is 40.9 Å². The number of nitrogens with zero attached hydrogens (tertiary/aromatic N) is 4. The number of imidazole rings is 1. The summed E-state index contributed by atoms with van der Waals surface area (Å²) in [5.74, 6) is 1.27. The van der Waals surface area contributed by atoms with Gasteiger partial charge in [-0.05, 0) is 24.6 Å². The minimum atomic E-state index is 0.226. The average molecular weight is 323 g/mol. The lowest BCUT2D eigenvalue weighted by Gasteiger charge is -2.09. The predicted molar refractivity (Wildman–Crippen MR) is 82.5 cm³/mol. The summed E-state index contributed by atoms with van der Waals surface area (Å²) in [6, 6.07) is 5.78. The second kappa shape index (κ2) is 5.50. The highest BCUT2D eigenvalue weighted by Crippen LogP contribution is 2.29. The van der Waals surface area contributed by atoms with E-state index in [0.29, 0.717) is 27.9 Å². The van der Waals surface area contributed by atoms with Gasteiger partial charge in [-0.3, -0.25) is 4.57 Å². The van der Waals surface area contributed by atoms with Crippen molar-refractivity contribution in [3.8, 4) is 11.6 Å². The lowest BCUT2D eigenvalue weighted by atomic mass is 10.2. The van der Waals surface area contributed by atoms with Gasteiger partial charge < -0.3 is 4.74 Å². The first-order valence-corrected chi connectivity index (χ1v) is 7.15. The third-order valence-corrected chi connectivity index (χ3v) is 3.68. The molecule has 7 heteroatoms. The van der Waals surface area contributed by atoms with Crippen LogP contribution in [-0.2, 0) is 5.88 Å². The van der Waals surface area contributed by atoms with Gasteiger partial charge in [0, 0.05) is 0 Å². The lowest BCUT2D eigenvalue weighted by molar-refractivity contribution is 0.401. The van der Waals surface area contributed by atoms with E-state index in [1.165, 1.54) is 6.33 Å². The number of hydrogen-bond acceptors (Lipinski definition) is 4. The monoisotopic (exact) mass is 322 g/mol. The zero-order valence-electron chi connectivity index (χ0n) is 11.5. The fourth-order valence-corrected chi connectivity index (χ4v) is 2.70. The Bertz CT molecular complexity index is 816. The van der Waals surface area contributed by atoms with Crippen LogP contribution in [0.2, 0.25) is 5.02 Å². The SMILES string of the molecule is COc1ncnc2c1nc(CCl)n2-c1ccc(C)cc1Cl. The Hall–Kier alpha value is -1.85. The normalized spacial score (nSPS) is 11.0. The van der Waals surface area contributed by atoms with Gasteiger partial charge in [-0.2, -0.15) is 4.98 Å². The van der Waals surface area contributed by atoms with E-state index >= 15 is 0 Å². The quantitative estimate of drug-likeness (QED) is 0.692. The van der Waals surface area contributed by atoms with Crippen LogP contribution in [0.3, 0.4) is 0 Å². The van der Waals surface area contributed by atoms with Crippen molar-refractivity contribution in [2.45, 2.75) is 12.8 Å². The first-order chi connectivity index (χ1) is 10.2. The number of halogens is 2. The van der Waals surface area contributed by atoms with Gasteiger partial charge in [-0.25, -0.2) is 9.97 Å². The molecule has 0 fully saturated rings. The highest BCUT2D eigenvalue weighted by Gasteiger charge is 2.18. The summed E-state index contributed by atoms with van der Waals surface area (Å²) in [4.78, 5) is 12.8. The fourth-order valence-electron chi connectivity index (χ4n) is 2.20. The summed E-state index contributed by atoms with van der Waals surface area (Å²) in [5, 5.41) is 0.609. The molecule has 1 aromatic carbocycles. The zero-order valence-corrected chi connectivity index (χ0v) is 13.0. The van der Waals surface area contributed by atoms with Crippen molar-refractivity contribution in [1.82, 2.24) is 19.5 Å². The van der Waals surface area contributed by atoms with Crippen molar-refractivity contribution >= 4 is 34.4 Å². The van der Waals surface area contributed by atoms with E-state index in [2.05, 4.69) is 15.0 Å². The Morgan fingerprint density at radius 3 is 2.76 bits per heavy atom. The van der Waals surface area contributed by atoms with E-state index in [-0.39, 0.29) is 5.88 Å². The number of ether oxygens (including phenoxy) is 1. The molecule has 2 aromatic heterocycles. The van der Waals surface area contributed by atoms with Gasteiger partial charge in [0.2, 0.25) is 5.88 Å².